The van der Waals surface area contributed by atoms with Gasteiger partial charge in [0.15, 0.2) is 0 Å². The number of aliphatic hydroxyl groups is 1. The lowest BCUT2D eigenvalue weighted by Crippen LogP contribution is -2.29. The summed E-state index contributed by atoms with van der Waals surface area (Å²) in [6.07, 6.45) is 1.52. The van der Waals surface area contributed by atoms with E-state index in [9.17, 15) is 14.7 Å². The van der Waals surface area contributed by atoms with Crippen molar-refractivity contribution in [3.63, 3.8) is 0 Å². The molecule has 2 heterocycles. The monoisotopic (exact) mass is 451 g/mol. The van der Waals surface area contributed by atoms with Crippen LogP contribution in [-0.4, -0.2) is 21.7 Å². The van der Waals surface area contributed by atoms with Crippen LogP contribution in [0.4, 0.5) is 0 Å². The van der Waals surface area contributed by atoms with Crippen LogP contribution in [0.3, 0.4) is 0 Å². The molecule has 0 saturated carbocycles. The number of ketones is 1. The van der Waals surface area contributed by atoms with E-state index >= 15 is 0 Å². The quantitative estimate of drug-likeness (QED) is 0.345. The van der Waals surface area contributed by atoms with Crippen LogP contribution in [0, 0.1) is 6.92 Å². The van der Waals surface area contributed by atoms with Gasteiger partial charge in [0.2, 0.25) is 0 Å². The van der Waals surface area contributed by atoms with Gasteiger partial charge in [0.1, 0.15) is 11.5 Å². The van der Waals surface area contributed by atoms with Gasteiger partial charge in [-0.15, -0.1) is 0 Å². The lowest BCUT2D eigenvalue weighted by Gasteiger charge is -2.24. The summed E-state index contributed by atoms with van der Waals surface area (Å²) < 4.78 is 6.24. The number of rotatable bonds is 4. The van der Waals surface area contributed by atoms with E-state index in [-0.39, 0.29) is 17.9 Å². The number of carbonyl (C=O) groups is 2. The van der Waals surface area contributed by atoms with Gasteiger partial charge in [-0.1, -0.05) is 57.9 Å². The van der Waals surface area contributed by atoms with Crippen molar-refractivity contribution in [3.05, 3.63) is 99.4 Å². The summed E-state index contributed by atoms with van der Waals surface area (Å²) in [5.41, 5.74) is 2.36. The molecule has 1 aliphatic rings. The predicted octanol–water partition coefficient (Wildman–Crippen LogP) is 4.97. The number of aryl methyl sites for hydroxylation is 1. The van der Waals surface area contributed by atoms with Crippen LogP contribution in [0.25, 0.3) is 5.76 Å². The van der Waals surface area contributed by atoms with Gasteiger partial charge >= 0.3 is 0 Å². The molecule has 146 valence electrons. The van der Waals surface area contributed by atoms with E-state index in [1.807, 2.05) is 31.2 Å². The second-order valence-corrected chi connectivity index (χ2v) is 7.84. The van der Waals surface area contributed by atoms with Crippen molar-refractivity contribution in [2.24, 2.45) is 0 Å². The molecule has 1 N–H and O–H groups in total. The van der Waals surface area contributed by atoms with Crippen molar-refractivity contribution in [2.45, 2.75) is 19.5 Å². The van der Waals surface area contributed by atoms with E-state index in [2.05, 4.69) is 15.9 Å². The van der Waals surface area contributed by atoms with Crippen molar-refractivity contribution >= 4 is 33.4 Å². The molecule has 2 aromatic carbocycles. The standard InChI is InChI=1S/C23H18BrNO4/c1-14-4-6-15(7-5-14)20-19(21(26)16-8-10-17(24)11-9-16)22(27)23(28)25(20)13-18-3-2-12-29-18/h2-12,20,26H,13H2,1H3. The Kier molecular flexibility index (Phi) is 5.11. The van der Waals surface area contributed by atoms with Gasteiger partial charge in [0, 0.05) is 10.0 Å². The summed E-state index contributed by atoms with van der Waals surface area (Å²) in [4.78, 5) is 27.2. The van der Waals surface area contributed by atoms with Gasteiger partial charge in [-0.05, 0) is 36.8 Å². The van der Waals surface area contributed by atoms with Crippen LogP contribution in [0.5, 0.6) is 0 Å². The third kappa shape index (κ3) is 3.63. The molecule has 4 rings (SSSR count). The number of aliphatic hydroxyl groups excluding tert-OH is 1. The number of nitrogens with zero attached hydrogens (tertiary/aromatic N) is 1. The molecule has 0 spiro atoms. The zero-order valence-electron chi connectivity index (χ0n) is 15.6. The maximum Gasteiger partial charge on any atom is 0.296 e. The molecule has 1 amide bonds. The number of furan rings is 1. The Balaban J connectivity index is 1.86. The highest BCUT2D eigenvalue weighted by Crippen LogP contribution is 2.40. The Morgan fingerprint density at radius 2 is 1.76 bits per heavy atom. The average molecular weight is 452 g/mol. The summed E-state index contributed by atoms with van der Waals surface area (Å²) in [6, 6.07) is 17.3. The van der Waals surface area contributed by atoms with Crippen LogP contribution in [-0.2, 0) is 16.1 Å². The fourth-order valence-electron chi connectivity index (χ4n) is 3.47. The Hall–Kier alpha value is -3.12. The molecule has 1 saturated heterocycles. The first-order chi connectivity index (χ1) is 14.0. The lowest BCUT2D eigenvalue weighted by molar-refractivity contribution is -0.140. The number of hydrogen-bond donors (Lipinski definition) is 1. The maximum absolute atomic E-state index is 12.9. The second kappa shape index (κ2) is 7.72. The molecule has 1 aromatic heterocycles. The van der Waals surface area contributed by atoms with Crippen LogP contribution < -0.4 is 0 Å². The van der Waals surface area contributed by atoms with Crippen LogP contribution >= 0.6 is 15.9 Å². The molecule has 6 heteroatoms. The molecule has 5 nitrogen and oxygen atoms in total. The molecule has 3 aromatic rings. The summed E-state index contributed by atoms with van der Waals surface area (Å²) in [5.74, 6) is -0.996. The minimum Gasteiger partial charge on any atom is -0.507 e. The van der Waals surface area contributed by atoms with E-state index < -0.39 is 17.7 Å². The van der Waals surface area contributed by atoms with Crippen LogP contribution in [0.15, 0.2) is 81.4 Å². The highest BCUT2D eigenvalue weighted by Gasteiger charge is 2.46. The number of carbonyl (C=O) groups excluding carboxylic acids is 2. The van der Waals surface area contributed by atoms with Gasteiger partial charge in [0.05, 0.1) is 24.4 Å². The van der Waals surface area contributed by atoms with Gasteiger partial charge in [-0.2, -0.15) is 0 Å². The lowest BCUT2D eigenvalue weighted by atomic mass is 9.94. The third-order valence-electron chi connectivity index (χ3n) is 4.96. The zero-order chi connectivity index (χ0) is 20.5. The highest BCUT2D eigenvalue weighted by molar-refractivity contribution is 9.10. The van der Waals surface area contributed by atoms with Gasteiger partial charge < -0.3 is 14.4 Å². The first-order valence-corrected chi connectivity index (χ1v) is 9.88. The zero-order valence-corrected chi connectivity index (χ0v) is 17.2. The third-order valence-corrected chi connectivity index (χ3v) is 5.49. The number of benzene rings is 2. The Bertz CT molecular complexity index is 1080. The molecule has 1 aliphatic heterocycles. The van der Waals surface area contributed by atoms with Gasteiger partial charge in [-0.25, -0.2) is 0 Å². The highest BCUT2D eigenvalue weighted by atomic mass is 79.9. The van der Waals surface area contributed by atoms with Crippen molar-refractivity contribution in [2.75, 3.05) is 0 Å². The second-order valence-electron chi connectivity index (χ2n) is 6.92. The number of halogens is 1. The summed E-state index contributed by atoms with van der Waals surface area (Å²) in [5, 5.41) is 11.0. The van der Waals surface area contributed by atoms with Crippen molar-refractivity contribution < 1.29 is 19.1 Å². The average Bonchev–Trinajstić information content (AvgIpc) is 3.31. The Labute approximate surface area is 176 Å². The van der Waals surface area contributed by atoms with E-state index in [1.165, 1.54) is 11.2 Å². The number of hydrogen-bond acceptors (Lipinski definition) is 4. The summed E-state index contributed by atoms with van der Waals surface area (Å²) >= 11 is 3.36. The summed E-state index contributed by atoms with van der Waals surface area (Å²) in [6.45, 7) is 2.10. The molecule has 0 radical (unpaired) electrons. The maximum atomic E-state index is 12.9. The van der Waals surface area contributed by atoms with E-state index in [4.69, 9.17) is 4.42 Å². The molecule has 1 fully saturated rings. The fourth-order valence-corrected chi connectivity index (χ4v) is 3.74. The van der Waals surface area contributed by atoms with E-state index in [1.54, 1.807) is 36.4 Å². The first kappa shape index (κ1) is 19.2. The SMILES string of the molecule is Cc1ccc(C2C(=C(O)c3ccc(Br)cc3)C(=O)C(=O)N2Cc2ccco2)cc1. The smallest absolute Gasteiger partial charge is 0.296 e. The molecule has 1 atom stereocenters. The molecular weight excluding hydrogens is 434 g/mol. The van der Waals surface area contributed by atoms with Crippen molar-refractivity contribution in [3.8, 4) is 0 Å². The first-order valence-electron chi connectivity index (χ1n) is 9.09. The molecule has 0 bridgehead atoms. The Morgan fingerprint density at radius 1 is 1.07 bits per heavy atom. The number of Topliss-reactive ketones (excluding diaryl/α,β-unsaturated/α-hetero) is 1. The topological polar surface area (TPSA) is 70.8 Å². The molecule has 0 aliphatic carbocycles. The van der Waals surface area contributed by atoms with E-state index in [0.717, 1.165) is 15.6 Å². The predicted molar refractivity (Wildman–Crippen MR) is 112 cm³/mol. The Morgan fingerprint density at radius 3 is 2.38 bits per heavy atom. The molecule has 29 heavy (non-hydrogen) atoms. The molecular formula is C23H18BrNO4. The number of amides is 1. The molecule has 1 unspecified atom stereocenters. The van der Waals surface area contributed by atoms with Crippen LogP contribution in [0.1, 0.15) is 28.5 Å². The minimum atomic E-state index is -0.706. The number of likely N-dealkylation sites (tertiary alicyclic amines) is 1. The fraction of sp³-hybridized carbons (Fsp3) is 0.130. The van der Waals surface area contributed by atoms with Gasteiger partial charge in [-0.3, -0.25) is 9.59 Å². The van der Waals surface area contributed by atoms with Gasteiger partial charge in [0.25, 0.3) is 11.7 Å². The van der Waals surface area contributed by atoms with Crippen LogP contribution in [0.2, 0.25) is 0 Å². The normalized spacial score (nSPS) is 18.4. The van der Waals surface area contributed by atoms with Crippen molar-refractivity contribution in [1.82, 2.24) is 4.90 Å². The summed E-state index contributed by atoms with van der Waals surface area (Å²) in [7, 11) is 0. The largest absolute Gasteiger partial charge is 0.507 e. The van der Waals surface area contributed by atoms with Crippen molar-refractivity contribution in [1.29, 1.82) is 0 Å². The van der Waals surface area contributed by atoms with E-state index in [0.29, 0.717) is 11.3 Å². The minimum absolute atomic E-state index is 0.0766.